The summed E-state index contributed by atoms with van der Waals surface area (Å²) in [5, 5.41) is 1.07. The minimum Gasteiger partial charge on any atom is -0.453 e. The first-order valence-corrected chi connectivity index (χ1v) is 8.09. The minimum atomic E-state index is 0.180. The van der Waals surface area contributed by atoms with Gasteiger partial charge in [0.25, 0.3) is 0 Å². The summed E-state index contributed by atoms with van der Waals surface area (Å²) in [6.45, 7) is 0. The Labute approximate surface area is 123 Å². The molecule has 2 aromatic rings. The molecule has 0 unspecified atom stereocenters. The number of carbonyl (C=O) groups excluding carboxylic acids is 1. The maximum atomic E-state index is 11.6. The summed E-state index contributed by atoms with van der Waals surface area (Å²) in [4.78, 5) is 15.8. The van der Waals surface area contributed by atoms with Gasteiger partial charge in [0, 0.05) is 28.8 Å². The van der Waals surface area contributed by atoms with E-state index in [2.05, 4.69) is 4.98 Å². The standard InChI is InChI=1S/C18H19NO2/c20-10-16-17(14-9-19-2-1-15(14)21-16)18-6-11-3-12(7-18)5-13(4-11)8-18/h1-2,9-13H,3-8H2. The van der Waals surface area contributed by atoms with Crippen LogP contribution in [0, 0.1) is 17.8 Å². The van der Waals surface area contributed by atoms with Gasteiger partial charge < -0.3 is 4.42 Å². The van der Waals surface area contributed by atoms with E-state index in [-0.39, 0.29) is 5.41 Å². The molecule has 3 nitrogen and oxygen atoms in total. The second kappa shape index (κ2) is 3.96. The quantitative estimate of drug-likeness (QED) is 0.778. The van der Waals surface area contributed by atoms with Crippen LogP contribution >= 0.6 is 0 Å². The van der Waals surface area contributed by atoms with E-state index in [1.165, 1.54) is 44.1 Å². The third-order valence-electron chi connectivity index (χ3n) is 6.19. The van der Waals surface area contributed by atoms with E-state index < -0.39 is 0 Å². The van der Waals surface area contributed by atoms with E-state index >= 15 is 0 Å². The lowest BCUT2D eigenvalue weighted by Crippen LogP contribution is -2.48. The first-order chi connectivity index (χ1) is 10.3. The fourth-order valence-corrected chi connectivity index (χ4v) is 6.01. The van der Waals surface area contributed by atoms with Gasteiger partial charge in [-0.25, -0.2) is 0 Å². The van der Waals surface area contributed by atoms with Crippen LogP contribution in [0.15, 0.2) is 22.9 Å². The number of carbonyl (C=O) groups is 1. The third kappa shape index (κ3) is 1.55. The molecule has 4 aliphatic rings. The number of fused-ring (bicyclic) bond motifs is 1. The van der Waals surface area contributed by atoms with Crippen molar-refractivity contribution in [2.75, 3.05) is 0 Å². The van der Waals surface area contributed by atoms with Gasteiger partial charge in [0.15, 0.2) is 12.0 Å². The molecule has 0 aromatic carbocycles. The lowest BCUT2D eigenvalue weighted by molar-refractivity contribution is -0.00516. The zero-order chi connectivity index (χ0) is 14.0. The molecule has 4 aliphatic carbocycles. The highest BCUT2D eigenvalue weighted by molar-refractivity contribution is 5.90. The van der Waals surface area contributed by atoms with Crippen molar-refractivity contribution in [3.8, 4) is 0 Å². The smallest absolute Gasteiger partial charge is 0.185 e. The second-order valence-corrected chi connectivity index (χ2v) is 7.53. The molecule has 4 fully saturated rings. The van der Waals surface area contributed by atoms with E-state index in [1.807, 2.05) is 12.3 Å². The van der Waals surface area contributed by atoms with Crippen LogP contribution in [-0.2, 0) is 5.41 Å². The Kier molecular flexibility index (Phi) is 2.26. The van der Waals surface area contributed by atoms with Crippen LogP contribution in [0.5, 0.6) is 0 Å². The van der Waals surface area contributed by atoms with Gasteiger partial charge in [0.1, 0.15) is 5.58 Å². The second-order valence-electron chi connectivity index (χ2n) is 7.53. The molecule has 4 bridgehead atoms. The van der Waals surface area contributed by atoms with Gasteiger partial charge in [0.2, 0.25) is 0 Å². The molecule has 2 aromatic heterocycles. The van der Waals surface area contributed by atoms with Crippen LogP contribution in [0.1, 0.15) is 54.6 Å². The predicted molar refractivity (Wildman–Crippen MR) is 79.2 cm³/mol. The number of furan rings is 1. The average Bonchev–Trinajstić information content (AvgIpc) is 2.85. The van der Waals surface area contributed by atoms with Gasteiger partial charge in [-0.2, -0.15) is 0 Å². The molecule has 0 atom stereocenters. The Balaban J connectivity index is 1.75. The lowest BCUT2D eigenvalue weighted by atomic mass is 9.48. The molecule has 0 N–H and O–H groups in total. The number of aromatic nitrogens is 1. The Morgan fingerprint density at radius 1 is 1.14 bits per heavy atom. The molecule has 2 heterocycles. The van der Waals surface area contributed by atoms with Gasteiger partial charge in [-0.15, -0.1) is 0 Å². The molecule has 0 spiro atoms. The van der Waals surface area contributed by atoms with Gasteiger partial charge in [-0.05, 0) is 62.3 Å². The summed E-state index contributed by atoms with van der Waals surface area (Å²) in [5.74, 6) is 3.13. The van der Waals surface area contributed by atoms with E-state index in [1.54, 1.807) is 6.20 Å². The van der Waals surface area contributed by atoms with Crippen molar-refractivity contribution in [2.45, 2.75) is 43.9 Å². The van der Waals surface area contributed by atoms with Crippen LogP contribution < -0.4 is 0 Å². The van der Waals surface area contributed by atoms with Crippen LogP contribution in [0.4, 0.5) is 0 Å². The molecule has 108 valence electrons. The van der Waals surface area contributed by atoms with Crippen molar-refractivity contribution < 1.29 is 9.21 Å². The summed E-state index contributed by atoms with van der Waals surface area (Å²) in [6, 6.07) is 1.88. The first-order valence-electron chi connectivity index (χ1n) is 8.09. The average molecular weight is 281 g/mol. The highest BCUT2D eigenvalue weighted by Gasteiger charge is 2.53. The normalized spacial score (nSPS) is 37.2. The van der Waals surface area contributed by atoms with Crippen molar-refractivity contribution in [3.63, 3.8) is 0 Å². The number of aldehydes is 1. The maximum Gasteiger partial charge on any atom is 0.185 e. The first kappa shape index (κ1) is 12.0. The Hall–Kier alpha value is -1.64. The molecule has 6 rings (SSSR count). The molecular formula is C18H19NO2. The van der Waals surface area contributed by atoms with E-state index in [9.17, 15) is 4.79 Å². The molecule has 4 saturated carbocycles. The molecule has 0 saturated heterocycles. The van der Waals surface area contributed by atoms with Crippen LogP contribution in [0.25, 0.3) is 11.0 Å². The van der Waals surface area contributed by atoms with Crippen molar-refractivity contribution in [1.29, 1.82) is 0 Å². The number of hydrogen-bond acceptors (Lipinski definition) is 3. The zero-order valence-corrected chi connectivity index (χ0v) is 12.0. The van der Waals surface area contributed by atoms with Crippen LogP contribution in [0.2, 0.25) is 0 Å². The van der Waals surface area contributed by atoms with Crippen molar-refractivity contribution >= 4 is 17.3 Å². The summed E-state index contributed by atoms with van der Waals surface area (Å²) in [6.07, 6.45) is 12.5. The van der Waals surface area contributed by atoms with E-state index in [0.29, 0.717) is 5.76 Å². The monoisotopic (exact) mass is 281 g/mol. The van der Waals surface area contributed by atoms with Gasteiger partial charge in [-0.3, -0.25) is 9.78 Å². The number of hydrogen-bond donors (Lipinski definition) is 0. The summed E-state index contributed by atoms with van der Waals surface area (Å²) in [7, 11) is 0. The molecule has 0 aliphatic heterocycles. The highest BCUT2D eigenvalue weighted by atomic mass is 16.3. The largest absolute Gasteiger partial charge is 0.453 e. The fourth-order valence-electron chi connectivity index (χ4n) is 6.01. The molecule has 21 heavy (non-hydrogen) atoms. The molecule has 0 radical (unpaired) electrons. The summed E-state index contributed by atoms with van der Waals surface area (Å²) in [5.41, 5.74) is 2.18. The van der Waals surface area contributed by atoms with Crippen LogP contribution in [-0.4, -0.2) is 11.3 Å². The molecule has 3 heteroatoms. The van der Waals surface area contributed by atoms with Crippen LogP contribution in [0.3, 0.4) is 0 Å². The number of pyridine rings is 1. The zero-order valence-electron chi connectivity index (χ0n) is 12.0. The Bertz CT molecular complexity index is 695. The Morgan fingerprint density at radius 3 is 2.43 bits per heavy atom. The number of nitrogens with zero attached hydrogens (tertiary/aromatic N) is 1. The number of rotatable bonds is 2. The minimum absolute atomic E-state index is 0.180. The van der Waals surface area contributed by atoms with Crippen molar-refractivity contribution in [2.24, 2.45) is 17.8 Å². The highest BCUT2D eigenvalue weighted by Crippen LogP contribution is 2.62. The Morgan fingerprint density at radius 2 is 1.81 bits per heavy atom. The van der Waals surface area contributed by atoms with Gasteiger partial charge in [-0.1, -0.05) is 0 Å². The van der Waals surface area contributed by atoms with E-state index in [4.69, 9.17) is 4.42 Å². The van der Waals surface area contributed by atoms with E-state index in [0.717, 1.165) is 35.0 Å². The lowest BCUT2D eigenvalue weighted by Gasteiger charge is -2.56. The molecule has 0 amide bonds. The van der Waals surface area contributed by atoms with Crippen molar-refractivity contribution in [3.05, 3.63) is 29.8 Å². The van der Waals surface area contributed by atoms with Crippen molar-refractivity contribution in [1.82, 2.24) is 4.98 Å². The van der Waals surface area contributed by atoms with Gasteiger partial charge in [0.05, 0.1) is 0 Å². The summed E-state index contributed by atoms with van der Waals surface area (Å²) < 4.78 is 5.83. The third-order valence-corrected chi connectivity index (χ3v) is 6.19. The maximum absolute atomic E-state index is 11.6. The topological polar surface area (TPSA) is 43.1 Å². The SMILES string of the molecule is O=Cc1oc2ccncc2c1C12CC3CC(CC(C3)C1)C2. The summed E-state index contributed by atoms with van der Waals surface area (Å²) >= 11 is 0. The molecular weight excluding hydrogens is 262 g/mol. The van der Waals surface area contributed by atoms with Gasteiger partial charge >= 0.3 is 0 Å². The predicted octanol–water partition coefficient (Wildman–Crippen LogP) is 4.11. The fraction of sp³-hybridized carbons (Fsp3) is 0.556.